The maximum atomic E-state index is 12.5. The van der Waals surface area contributed by atoms with Gasteiger partial charge in [-0.15, -0.1) is 0 Å². The number of nitrogens with zero attached hydrogens (tertiary/aromatic N) is 3. The highest BCUT2D eigenvalue weighted by Crippen LogP contribution is 2.23. The van der Waals surface area contributed by atoms with Gasteiger partial charge >= 0.3 is 0 Å². The van der Waals surface area contributed by atoms with E-state index in [0.29, 0.717) is 6.10 Å². The summed E-state index contributed by atoms with van der Waals surface area (Å²) in [6, 6.07) is 2.35. The van der Waals surface area contributed by atoms with E-state index in [1.54, 1.807) is 0 Å². The standard InChI is InChI=1S/C17H27N3O2/c1-13-10-14(2)20(18-13)11-15-6-5-9-19(15)17(21)12-22-16-7-3-4-8-16/h10,15-16H,3-9,11-12H2,1-2H3. The number of hydrogen-bond acceptors (Lipinski definition) is 3. The summed E-state index contributed by atoms with van der Waals surface area (Å²) in [5.41, 5.74) is 2.21. The first-order valence-electron chi connectivity index (χ1n) is 8.55. The molecule has 1 amide bonds. The molecule has 0 N–H and O–H groups in total. The number of rotatable bonds is 5. The zero-order chi connectivity index (χ0) is 15.5. The topological polar surface area (TPSA) is 47.4 Å². The van der Waals surface area contributed by atoms with Gasteiger partial charge in [0.1, 0.15) is 6.61 Å². The Morgan fingerprint density at radius 2 is 2.05 bits per heavy atom. The van der Waals surface area contributed by atoms with Gasteiger partial charge in [0.05, 0.1) is 24.4 Å². The van der Waals surface area contributed by atoms with E-state index in [1.807, 2.05) is 16.5 Å². The third-order valence-corrected chi connectivity index (χ3v) is 4.93. The minimum atomic E-state index is 0.149. The van der Waals surface area contributed by atoms with E-state index >= 15 is 0 Å². The van der Waals surface area contributed by atoms with Crippen molar-refractivity contribution in [2.24, 2.45) is 0 Å². The summed E-state index contributed by atoms with van der Waals surface area (Å²) in [7, 11) is 0. The zero-order valence-corrected chi connectivity index (χ0v) is 13.8. The van der Waals surface area contributed by atoms with Crippen LogP contribution in [-0.2, 0) is 16.1 Å². The number of carbonyl (C=O) groups is 1. The third kappa shape index (κ3) is 3.51. The van der Waals surface area contributed by atoms with Crippen LogP contribution in [0.5, 0.6) is 0 Å². The molecule has 0 radical (unpaired) electrons. The fraction of sp³-hybridized carbons (Fsp3) is 0.765. The molecule has 22 heavy (non-hydrogen) atoms. The number of carbonyl (C=O) groups excluding carboxylic acids is 1. The average molecular weight is 305 g/mol. The van der Waals surface area contributed by atoms with E-state index in [9.17, 15) is 4.79 Å². The second kappa shape index (κ2) is 6.82. The minimum Gasteiger partial charge on any atom is -0.368 e. The van der Waals surface area contributed by atoms with Gasteiger partial charge < -0.3 is 9.64 Å². The molecule has 1 aliphatic heterocycles. The van der Waals surface area contributed by atoms with Crippen LogP contribution in [0.4, 0.5) is 0 Å². The first-order valence-corrected chi connectivity index (χ1v) is 8.55. The smallest absolute Gasteiger partial charge is 0.248 e. The van der Waals surface area contributed by atoms with Crippen molar-refractivity contribution >= 4 is 5.91 Å². The van der Waals surface area contributed by atoms with Gasteiger partial charge in [-0.1, -0.05) is 12.8 Å². The van der Waals surface area contributed by atoms with Gasteiger partial charge in [-0.05, 0) is 45.6 Å². The highest BCUT2D eigenvalue weighted by Gasteiger charge is 2.30. The number of aryl methyl sites for hydroxylation is 2. The number of ether oxygens (including phenoxy) is 1. The molecule has 0 bridgehead atoms. The molecular weight excluding hydrogens is 278 g/mol. The Morgan fingerprint density at radius 1 is 1.27 bits per heavy atom. The van der Waals surface area contributed by atoms with Crippen molar-refractivity contribution in [3.8, 4) is 0 Å². The molecule has 2 aliphatic rings. The Balaban J connectivity index is 1.55. The maximum Gasteiger partial charge on any atom is 0.248 e. The van der Waals surface area contributed by atoms with Crippen LogP contribution in [0.1, 0.15) is 49.9 Å². The SMILES string of the molecule is Cc1cc(C)n(CC2CCCN2C(=O)COC2CCCC2)n1. The van der Waals surface area contributed by atoms with E-state index in [-0.39, 0.29) is 18.6 Å². The summed E-state index contributed by atoms with van der Waals surface area (Å²) in [4.78, 5) is 14.5. The van der Waals surface area contributed by atoms with Gasteiger partial charge in [-0.25, -0.2) is 0 Å². The molecule has 1 atom stereocenters. The third-order valence-electron chi connectivity index (χ3n) is 4.93. The summed E-state index contributed by atoms with van der Waals surface area (Å²) < 4.78 is 7.82. The van der Waals surface area contributed by atoms with Crippen molar-refractivity contribution in [2.45, 2.75) is 71.1 Å². The second-order valence-corrected chi connectivity index (χ2v) is 6.71. The molecular formula is C17H27N3O2. The van der Waals surface area contributed by atoms with E-state index in [2.05, 4.69) is 18.1 Å². The fourth-order valence-electron chi connectivity index (χ4n) is 3.74. The molecule has 1 saturated carbocycles. The normalized spacial score (nSPS) is 22.6. The van der Waals surface area contributed by atoms with E-state index in [1.165, 1.54) is 18.5 Å². The number of likely N-dealkylation sites (tertiary alicyclic amines) is 1. The van der Waals surface area contributed by atoms with Crippen molar-refractivity contribution in [1.82, 2.24) is 14.7 Å². The van der Waals surface area contributed by atoms with Crippen LogP contribution in [0, 0.1) is 13.8 Å². The van der Waals surface area contributed by atoms with Crippen molar-refractivity contribution in [3.05, 3.63) is 17.5 Å². The first-order chi connectivity index (χ1) is 10.6. The number of amides is 1. The van der Waals surface area contributed by atoms with Crippen molar-refractivity contribution < 1.29 is 9.53 Å². The van der Waals surface area contributed by atoms with Crippen molar-refractivity contribution in [1.29, 1.82) is 0 Å². The van der Waals surface area contributed by atoms with Gasteiger partial charge in [0, 0.05) is 12.2 Å². The van der Waals surface area contributed by atoms with Gasteiger partial charge in [0.15, 0.2) is 0 Å². The molecule has 5 heteroatoms. The van der Waals surface area contributed by atoms with Crippen LogP contribution in [0.2, 0.25) is 0 Å². The van der Waals surface area contributed by atoms with Crippen LogP contribution < -0.4 is 0 Å². The zero-order valence-electron chi connectivity index (χ0n) is 13.8. The molecule has 2 fully saturated rings. The van der Waals surface area contributed by atoms with Gasteiger partial charge in [0.2, 0.25) is 5.91 Å². The Kier molecular flexibility index (Phi) is 4.81. The molecule has 1 unspecified atom stereocenters. The quantitative estimate of drug-likeness (QED) is 0.839. The number of aromatic nitrogens is 2. The molecule has 1 saturated heterocycles. The minimum absolute atomic E-state index is 0.149. The molecule has 122 valence electrons. The van der Waals surface area contributed by atoms with E-state index in [4.69, 9.17) is 4.74 Å². The molecule has 3 rings (SSSR count). The van der Waals surface area contributed by atoms with Gasteiger partial charge in [-0.3, -0.25) is 9.48 Å². The Hall–Kier alpha value is -1.36. The summed E-state index contributed by atoms with van der Waals surface area (Å²) >= 11 is 0. The van der Waals surface area contributed by atoms with E-state index < -0.39 is 0 Å². The average Bonchev–Trinajstić information content (AvgIpc) is 3.20. The molecule has 0 aromatic carbocycles. The summed E-state index contributed by atoms with van der Waals surface area (Å²) in [6.07, 6.45) is 7.16. The van der Waals surface area contributed by atoms with Crippen LogP contribution in [0.25, 0.3) is 0 Å². The maximum absolute atomic E-state index is 12.5. The van der Waals surface area contributed by atoms with E-state index in [0.717, 1.165) is 44.5 Å². The fourth-order valence-corrected chi connectivity index (χ4v) is 3.74. The lowest BCUT2D eigenvalue weighted by Gasteiger charge is -2.25. The van der Waals surface area contributed by atoms with Gasteiger partial charge in [-0.2, -0.15) is 5.10 Å². The molecule has 1 aliphatic carbocycles. The van der Waals surface area contributed by atoms with Gasteiger partial charge in [0.25, 0.3) is 0 Å². The number of hydrogen-bond donors (Lipinski definition) is 0. The largest absolute Gasteiger partial charge is 0.368 e. The predicted molar refractivity (Wildman–Crippen MR) is 84.6 cm³/mol. The van der Waals surface area contributed by atoms with Crippen LogP contribution in [0.3, 0.4) is 0 Å². The molecule has 1 aromatic heterocycles. The summed E-state index contributed by atoms with van der Waals surface area (Å²) in [5, 5.41) is 4.52. The lowest BCUT2D eigenvalue weighted by atomic mass is 10.2. The molecule has 1 aromatic rings. The summed E-state index contributed by atoms with van der Waals surface area (Å²) in [6.45, 7) is 5.99. The molecule has 2 heterocycles. The van der Waals surface area contributed by atoms with Crippen LogP contribution in [0.15, 0.2) is 6.07 Å². The lowest BCUT2D eigenvalue weighted by Crippen LogP contribution is -2.41. The van der Waals surface area contributed by atoms with Crippen LogP contribution in [-0.4, -0.2) is 45.9 Å². The Labute approximate surface area is 132 Å². The predicted octanol–water partition coefficient (Wildman–Crippen LogP) is 2.45. The highest BCUT2D eigenvalue weighted by molar-refractivity contribution is 5.78. The highest BCUT2D eigenvalue weighted by atomic mass is 16.5. The first kappa shape index (κ1) is 15.5. The Bertz CT molecular complexity index is 520. The molecule has 0 spiro atoms. The van der Waals surface area contributed by atoms with Crippen molar-refractivity contribution in [3.63, 3.8) is 0 Å². The second-order valence-electron chi connectivity index (χ2n) is 6.71. The summed E-state index contributed by atoms with van der Waals surface area (Å²) in [5.74, 6) is 0.149. The lowest BCUT2D eigenvalue weighted by molar-refractivity contribution is -0.139. The monoisotopic (exact) mass is 305 g/mol. The molecule has 5 nitrogen and oxygen atoms in total. The Morgan fingerprint density at radius 3 is 2.73 bits per heavy atom. The van der Waals surface area contributed by atoms with Crippen LogP contribution >= 0.6 is 0 Å². The van der Waals surface area contributed by atoms with Crippen molar-refractivity contribution in [2.75, 3.05) is 13.2 Å².